The van der Waals surface area contributed by atoms with Gasteiger partial charge < -0.3 is 9.26 Å². The zero-order chi connectivity index (χ0) is 20.4. The summed E-state index contributed by atoms with van der Waals surface area (Å²) in [5.74, 6) is 0.776. The summed E-state index contributed by atoms with van der Waals surface area (Å²) in [4.78, 5) is 6.50. The fourth-order valence-electron chi connectivity index (χ4n) is 3.68. The molecule has 0 unspecified atom stereocenters. The van der Waals surface area contributed by atoms with Crippen LogP contribution in [0.5, 0.6) is 5.75 Å². The molecule has 9 heteroatoms. The predicted octanol–water partition coefficient (Wildman–Crippen LogP) is 2.66. The number of nitrogens with one attached hydrogen (secondary N) is 1. The van der Waals surface area contributed by atoms with Crippen molar-refractivity contribution in [1.29, 1.82) is 0 Å². The lowest BCUT2D eigenvalue weighted by atomic mass is 10.1. The van der Waals surface area contributed by atoms with Gasteiger partial charge in [-0.3, -0.25) is 4.90 Å². The van der Waals surface area contributed by atoms with Crippen molar-refractivity contribution in [3.8, 4) is 5.75 Å². The van der Waals surface area contributed by atoms with Crippen molar-refractivity contribution in [3.63, 3.8) is 0 Å². The summed E-state index contributed by atoms with van der Waals surface area (Å²) in [7, 11) is -2.10. The SMILES string of the molecule is COc1ccc([C@@H](CNS(=O)(=O)c2cnc3onc(C)c3c2)N2CCCC2)cc1. The number of sulfonamides is 1. The van der Waals surface area contributed by atoms with Gasteiger partial charge in [-0.25, -0.2) is 18.1 Å². The number of hydrogen-bond acceptors (Lipinski definition) is 7. The van der Waals surface area contributed by atoms with E-state index in [0.717, 1.165) is 37.2 Å². The molecule has 0 amide bonds. The highest BCUT2D eigenvalue weighted by atomic mass is 32.2. The molecule has 1 aliphatic heterocycles. The summed E-state index contributed by atoms with van der Waals surface area (Å²) < 4.78 is 38.9. The average molecular weight is 417 g/mol. The molecule has 1 saturated heterocycles. The molecule has 4 rings (SSSR count). The third-order valence-electron chi connectivity index (χ3n) is 5.34. The van der Waals surface area contributed by atoms with Crippen molar-refractivity contribution in [2.24, 2.45) is 0 Å². The second-order valence-corrected chi connectivity index (χ2v) is 8.94. The number of aromatic nitrogens is 2. The van der Waals surface area contributed by atoms with Gasteiger partial charge in [0, 0.05) is 12.6 Å². The van der Waals surface area contributed by atoms with E-state index in [1.165, 1.54) is 6.20 Å². The molecule has 29 heavy (non-hydrogen) atoms. The van der Waals surface area contributed by atoms with Crippen LogP contribution in [0.4, 0.5) is 0 Å². The molecule has 1 atom stereocenters. The van der Waals surface area contributed by atoms with Gasteiger partial charge in [0.15, 0.2) is 0 Å². The van der Waals surface area contributed by atoms with E-state index in [4.69, 9.17) is 9.26 Å². The van der Waals surface area contributed by atoms with Gasteiger partial charge >= 0.3 is 0 Å². The number of rotatable bonds is 7. The quantitative estimate of drug-likeness (QED) is 0.632. The zero-order valence-corrected chi connectivity index (χ0v) is 17.3. The van der Waals surface area contributed by atoms with Crippen LogP contribution >= 0.6 is 0 Å². The first kappa shape index (κ1) is 19.8. The Bertz CT molecular complexity index is 1090. The molecule has 0 spiro atoms. The zero-order valence-electron chi connectivity index (χ0n) is 16.5. The van der Waals surface area contributed by atoms with E-state index in [1.807, 2.05) is 24.3 Å². The highest BCUT2D eigenvalue weighted by Gasteiger charge is 2.26. The summed E-state index contributed by atoms with van der Waals surface area (Å²) in [5.41, 5.74) is 1.99. The lowest BCUT2D eigenvalue weighted by molar-refractivity contribution is 0.246. The molecule has 2 aromatic heterocycles. The van der Waals surface area contributed by atoms with Crippen LogP contribution in [0.3, 0.4) is 0 Å². The van der Waals surface area contributed by atoms with E-state index in [0.29, 0.717) is 16.8 Å². The van der Waals surface area contributed by atoms with Crippen molar-refractivity contribution in [2.45, 2.75) is 30.7 Å². The summed E-state index contributed by atoms with van der Waals surface area (Å²) in [6.07, 6.45) is 3.53. The molecule has 1 aliphatic rings. The summed E-state index contributed by atoms with van der Waals surface area (Å²) in [6, 6.07) is 9.29. The number of benzene rings is 1. The first-order chi connectivity index (χ1) is 14.0. The molecular weight excluding hydrogens is 392 g/mol. The summed E-state index contributed by atoms with van der Waals surface area (Å²) in [6.45, 7) is 3.93. The molecule has 154 valence electrons. The molecule has 1 fully saturated rings. The van der Waals surface area contributed by atoms with Crippen LogP contribution in [0.1, 0.15) is 30.1 Å². The van der Waals surface area contributed by atoms with Gasteiger partial charge in [-0.2, -0.15) is 0 Å². The van der Waals surface area contributed by atoms with E-state index in [1.54, 1.807) is 20.1 Å². The van der Waals surface area contributed by atoms with Gasteiger partial charge in [0.25, 0.3) is 5.71 Å². The molecule has 1 aromatic carbocycles. The molecule has 0 aliphatic carbocycles. The second kappa shape index (κ2) is 8.10. The van der Waals surface area contributed by atoms with Crippen LogP contribution < -0.4 is 9.46 Å². The number of pyridine rings is 1. The van der Waals surface area contributed by atoms with Gasteiger partial charge in [0.05, 0.1) is 24.4 Å². The normalized spacial score (nSPS) is 16.3. The van der Waals surface area contributed by atoms with Crippen LogP contribution in [-0.4, -0.2) is 50.2 Å². The predicted molar refractivity (Wildman–Crippen MR) is 108 cm³/mol. The Labute approximate surface area is 169 Å². The Morgan fingerprint density at radius 1 is 1.24 bits per heavy atom. The highest BCUT2D eigenvalue weighted by molar-refractivity contribution is 7.89. The van der Waals surface area contributed by atoms with Crippen molar-refractivity contribution in [1.82, 2.24) is 19.8 Å². The molecule has 3 heterocycles. The fraction of sp³-hybridized carbons (Fsp3) is 0.400. The number of fused-ring (bicyclic) bond motifs is 1. The minimum Gasteiger partial charge on any atom is -0.497 e. The first-order valence-corrected chi connectivity index (χ1v) is 11.1. The third-order valence-corrected chi connectivity index (χ3v) is 6.73. The van der Waals surface area contributed by atoms with E-state index in [-0.39, 0.29) is 17.5 Å². The van der Waals surface area contributed by atoms with Crippen molar-refractivity contribution >= 4 is 21.1 Å². The van der Waals surface area contributed by atoms with Gasteiger partial charge in [-0.15, -0.1) is 0 Å². The molecule has 8 nitrogen and oxygen atoms in total. The topological polar surface area (TPSA) is 97.6 Å². The van der Waals surface area contributed by atoms with Gasteiger partial charge in [-0.05, 0) is 56.6 Å². The molecular formula is C20H24N4O4S. The smallest absolute Gasteiger partial charge is 0.257 e. The van der Waals surface area contributed by atoms with Gasteiger partial charge in [-0.1, -0.05) is 17.3 Å². The van der Waals surface area contributed by atoms with E-state index >= 15 is 0 Å². The van der Waals surface area contributed by atoms with Crippen molar-refractivity contribution in [2.75, 3.05) is 26.7 Å². The largest absolute Gasteiger partial charge is 0.497 e. The molecule has 0 radical (unpaired) electrons. The summed E-state index contributed by atoms with van der Waals surface area (Å²) in [5, 5.41) is 4.43. The highest BCUT2D eigenvalue weighted by Crippen LogP contribution is 2.27. The minimum absolute atomic E-state index is 0.0489. The second-order valence-electron chi connectivity index (χ2n) is 7.18. The maximum absolute atomic E-state index is 12.9. The monoisotopic (exact) mass is 416 g/mol. The summed E-state index contributed by atoms with van der Waals surface area (Å²) >= 11 is 0. The maximum atomic E-state index is 12.9. The third kappa shape index (κ3) is 4.12. The first-order valence-electron chi connectivity index (χ1n) is 9.57. The minimum atomic E-state index is -3.73. The molecule has 3 aromatic rings. The fourth-order valence-corrected chi connectivity index (χ4v) is 4.69. The van der Waals surface area contributed by atoms with Gasteiger partial charge in [0.2, 0.25) is 10.0 Å². The number of hydrogen-bond donors (Lipinski definition) is 1. The van der Waals surface area contributed by atoms with Crippen LogP contribution in [0.25, 0.3) is 11.1 Å². The van der Waals surface area contributed by atoms with E-state index in [9.17, 15) is 8.42 Å². The Kier molecular flexibility index (Phi) is 5.53. The number of likely N-dealkylation sites (tertiary alicyclic amines) is 1. The van der Waals surface area contributed by atoms with Crippen LogP contribution in [0, 0.1) is 6.92 Å². The van der Waals surface area contributed by atoms with Crippen LogP contribution in [-0.2, 0) is 10.0 Å². The molecule has 0 bridgehead atoms. The Balaban J connectivity index is 1.57. The number of nitrogens with zero attached hydrogens (tertiary/aromatic N) is 3. The Hall–Kier alpha value is -2.49. The number of methoxy groups -OCH3 is 1. The lowest BCUT2D eigenvalue weighted by Crippen LogP contribution is -2.36. The van der Waals surface area contributed by atoms with Crippen molar-refractivity contribution in [3.05, 3.63) is 47.8 Å². The van der Waals surface area contributed by atoms with Crippen LogP contribution in [0.15, 0.2) is 45.9 Å². The molecule has 0 saturated carbocycles. The van der Waals surface area contributed by atoms with Crippen molar-refractivity contribution < 1.29 is 17.7 Å². The van der Waals surface area contributed by atoms with Gasteiger partial charge in [0.1, 0.15) is 10.6 Å². The number of aryl methyl sites for hydroxylation is 1. The van der Waals surface area contributed by atoms with Crippen LogP contribution in [0.2, 0.25) is 0 Å². The molecule has 1 N–H and O–H groups in total. The Morgan fingerprint density at radius 2 is 1.97 bits per heavy atom. The Morgan fingerprint density at radius 3 is 2.66 bits per heavy atom. The van der Waals surface area contributed by atoms with E-state index < -0.39 is 10.0 Å². The lowest BCUT2D eigenvalue weighted by Gasteiger charge is -2.28. The maximum Gasteiger partial charge on any atom is 0.257 e. The number of ether oxygens (including phenoxy) is 1. The average Bonchev–Trinajstić information content (AvgIpc) is 3.39. The van der Waals surface area contributed by atoms with E-state index in [2.05, 4.69) is 19.8 Å². The standard InChI is InChI=1S/C20H24N4O4S/c1-14-18-11-17(12-21-20(18)28-23-14)29(25,26)22-13-19(24-9-3-4-10-24)15-5-7-16(27-2)8-6-15/h5-8,11-12,19,22H,3-4,9-10,13H2,1-2H3/t19-/m1/s1.